The van der Waals surface area contributed by atoms with Gasteiger partial charge in [0.05, 0.1) is 11.2 Å². The van der Waals surface area contributed by atoms with Gasteiger partial charge in [-0.2, -0.15) is 0 Å². The van der Waals surface area contributed by atoms with Crippen LogP contribution in [0.25, 0.3) is 78.4 Å². The first-order valence-corrected chi connectivity index (χ1v) is 21.1. The maximum absolute atomic E-state index is 5.13. The zero-order chi connectivity index (χ0) is 41.6. The highest BCUT2D eigenvalue weighted by molar-refractivity contribution is 6.04. The van der Waals surface area contributed by atoms with E-state index in [2.05, 4.69) is 158 Å². The molecule has 5 nitrogen and oxygen atoms in total. The smallest absolute Gasteiger partial charge is 0.164 e. The largest absolute Gasteiger partial charge is 0.308 e. The predicted octanol–water partition coefficient (Wildman–Crippen LogP) is 14.5. The van der Waals surface area contributed by atoms with Crippen LogP contribution in [0.15, 0.2) is 212 Å². The van der Waals surface area contributed by atoms with Gasteiger partial charge in [-0.25, -0.2) is 15.0 Å². The van der Waals surface area contributed by atoms with Gasteiger partial charge in [-0.3, -0.25) is 4.98 Å². The van der Waals surface area contributed by atoms with Gasteiger partial charge in [-0.1, -0.05) is 178 Å². The summed E-state index contributed by atoms with van der Waals surface area (Å²) in [5.41, 5.74) is 16.4. The topological polar surface area (TPSA) is 54.8 Å². The molecular formula is C57H41N5. The Morgan fingerprint density at radius 1 is 0.371 bits per heavy atom. The van der Waals surface area contributed by atoms with Crippen molar-refractivity contribution in [2.75, 3.05) is 4.90 Å². The van der Waals surface area contributed by atoms with Crippen LogP contribution in [0.5, 0.6) is 0 Å². The van der Waals surface area contributed by atoms with Gasteiger partial charge in [0.1, 0.15) is 0 Å². The molecule has 0 radical (unpaired) electrons. The molecule has 62 heavy (non-hydrogen) atoms. The summed E-state index contributed by atoms with van der Waals surface area (Å²) in [5, 5.41) is 1.05. The van der Waals surface area contributed by atoms with E-state index in [4.69, 9.17) is 19.9 Å². The Morgan fingerprint density at radius 2 is 0.919 bits per heavy atom. The number of rotatable bonds is 8. The molecule has 10 aromatic rings. The summed E-state index contributed by atoms with van der Waals surface area (Å²) < 4.78 is 0. The van der Waals surface area contributed by atoms with E-state index in [-0.39, 0.29) is 5.41 Å². The standard InChI is InChI=1S/C57H41N5/c1-57(2)50-26-13-12-24-47(50)49-37-45(31-33-51(49)57)62(44-29-27-39(28-30-44)38-16-6-3-7-17-38)52-34-32-46(48-25-15-35-58-53(48)52)42-22-14-23-43(36-42)56-60-54(40-18-8-4-9-19-40)59-55(61-56)41-20-10-5-11-21-41/h3-37H,1-2H3. The number of hydrogen-bond donors (Lipinski definition) is 0. The Labute approximate surface area is 361 Å². The Bertz CT molecular complexity index is 3200. The van der Waals surface area contributed by atoms with Crippen molar-refractivity contribution in [3.63, 3.8) is 0 Å². The van der Waals surface area contributed by atoms with Crippen LogP contribution in [-0.2, 0) is 5.41 Å². The van der Waals surface area contributed by atoms with E-state index in [1.54, 1.807) is 0 Å². The van der Waals surface area contributed by atoms with Crippen LogP contribution in [0.2, 0.25) is 0 Å². The third-order valence-electron chi connectivity index (χ3n) is 12.2. The van der Waals surface area contributed by atoms with Crippen LogP contribution in [0.4, 0.5) is 17.1 Å². The van der Waals surface area contributed by atoms with Gasteiger partial charge >= 0.3 is 0 Å². The minimum Gasteiger partial charge on any atom is -0.308 e. The quantitative estimate of drug-likeness (QED) is 0.153. The first-order chi connectivity index (χ1) is 30.5. The lowest BCUT2D eigenvalue weighted by atomic mass is 9.82. The van der Waals surface area contributed by atoms with Gasteiger partial charge in [0.25, 0.3) is 0 Å². The Hall–Kier alpha value is -8.02. The lowest BCUT2D eigenvalue weighted by Crippen LogP contribution is -2.15. The third kappa shape index (κ3) is 6.52. The molecule has 0 N–H and O–H groups in total. The van der Waals surface area contributed by atoms with Crippen LogP contribution < -0.4 is 4.90 Å². The number of benzene rings is 8. The number of hydrogen-bond acceptors (Lipinski definition) is 5. The van der Waals surface area contributed by atoms with Crippen molar-refractivity contribution in [1.82, 2.24) is 19.9 Å². The highest BCUT2D eigenvalue weighted by Crippen LogP contribution is 2.51. The molecule has 1 aliphatic rings. The average Bonchev–Trinajstić information content (AvgIpc) is 3.57. The fraction of sp³-hybridized carbons (Fsp3) is 0.0526. The van der Waals surface area contributed by atoms with Crippen molar-refractivity contribution in [3.8, 4) is 67.5 Å². The predicted molar refractivity (Wildman–Crippen MR) is 255 cm³/mol. The molecule has 0 spiro atoms. The molecule has 8 aromatic carbocycles. The first-order valence-electron chi connectivity index (χ1n) is 21.1. The Morgan fingerprint density at radius 3 is 1.61 bits per heavy atom. The van der Waals surface area contributed by atoms with Crippen molar-refractivity contribution in [2.45, 2.75) is 19.3 Å². The fourth-order valence-corrected chi connectivity index (χ4v) is 9.06. The number of aromatic nitrogens is 4. The van der Waals surface area contributed by atoms with Gasteiger partial charge in [0.2, 0.25) is 0 Å². The number of fused-ring (bicyclic) bond motifs is 4. The summed E-state index contributed by atoms with van der Waals surface area (Å²) in [5.74, 6) is 1.88. The van der Waals surface area contributed by atoms with E-state index in [9.17, 15) is 0 Å². The minimum absolute atomic E-state index is 0.0927. The van der Waals surface area contributed by atoms with Gasteiger partial charge < -0.3 is 4.90 Å². The van der Waals surface area contributed by atoms with E-state index in [1.165, 1.54) is 33.4 Å². The molecule has 0 atom stereocenters. The molecule has 2 aromatic heterocycles. The van der Waals surface area contributed by atoms with E-state index >= 15 is 0 Å². The molecule has 11 rings (SSSR count). The summed E-state index contributed by atoms with van der Waals surface area (Å²) in [4.78, 5) is 22.5. The lowest BCUT2D eigenvalue weighted by Gasteiger charge is -2.28. The second-order valence-corrected chi connectivity index (χ2v) is 16.3. The van der Waals surface area contributed by atoms with Crippen molar-refractivity contribution in [1.29, 1.82) is 0 Å². The van der Waals surface area contributed by atoms with Gasteiger partial charge in [-0.15, -0.1) is 0 Å². The average molecular weight is 796 g/mol. The monoisotopic (exact) mass is 795 g/mol. The van der Waals surface area contributed by atoms with Crippen molar-refractivity contribution in [2.24, 2.45) is 0 Å². The van der Waals surface area contributed by atoms with Crippen molar-refractivity contribution < 1.29 is 0 Å². The first kappa shape index (κ1) is 37.0. The molecule has 0 unspecified atom stereocenters. The normalized spacial score (nSPS) is 12.5. The number of nitrogens with zero attached hydrogens (tertiary/aromatic N) is 5. The summed E-state index contributed by atoms with van der Waals surface area (Å²) in [6.07, 6.45) is 1.89. The molecule has 1 aliphatic carbocycles. The second-order valence-electron chi connectivity index (χ2n) is 16.3. The van der Waals surface area contributed by atoms with Crippen LogP contribution in [-0.4, -0.2) is 19.9 Å². The maximum atomic E-state index is 5.13. The van der Waals surface area contributed by atoms with E-state index in [0.717, 1.165) is 55.8 Å². The zero-order valence-corrected chi connectivity index (χ0v) is 34.4. The molecule has 0 aliphatic heterocycles. The van der Waals surface area contributed by atoms with Gasteiger partial charge in [0.15, 0.2) is 17.5 Å². The summed E-state index contributed by atoms with van der Waals surface area (Å²) >= 11 is 0. The van der Waals surface area contributed by atoms with Crippen LogP contribution in [0.3, 0.4) is 0 Å². The number of pyridine rings is 1. The van der Waals surface area contributed by atoms with E-state index in [0.29, 0.717) is 17.5 Å². The van der Waals surface area contributed by atoms with E-state index < -0.39 is 0 Å². The molecule has 2 heterocycles. The SMILES string of the molecule is CC1(C)c2ccccc2-c2cc(N(c3ccc(-c4ccccc4)cc3)c3ccc(-c4cccc(-c5nc(-c6ccccc6)nc(-c6ccccc6)n5)c4)c4cccnc34)ccc21. The Kier molecular flexibility index (Phi) is 9.09. The van der Waals surface area contributed by atoms with Crippen LogP contribution in [0, 0.1) is 0 Å². The second kappa shape index (κ2) is 15.2. The molecule has 294 valence electrons. The zero-order valence-electron chi connectivity index (χ0n) is 34.4. The molecule has 0 fully saturated rings. The number of anilines is 3. The molecule has 0 saturated carbocycles. The highest BCUT2D eigenvalue weighted by atomic mass is 15.1. The van der Waals surface area contributed by atoms with Crippen molar-refractivity contribution in [3.05, 3.63) is 224 Å². The van der Waals surface area contributed by atoms with Gasteiger partial charge in [-0.05, 0) is 87.0 Å². The fourth-order valence-electron chi connectivity index (χ4n) is 9.06. The molecule has 5 heteroatoms. The van der Waals surface area contributed by atoms with Crippen molar-refractivity contribution >= 4 is 28.0 Å². The summed E-state index contributed by atoms with van der Waals surface area (Å²) in [6.45, 7) is 4.65. The maximum Gasteiger partial charge on any atom is 0.164 e. The summed E-state index contributed by atoms with van der Waals surface area (Å²) in [6, 6.07) is 72.5. The molecular weight excluding hydrogens is 755 g/mol. The van der Waals surface area contributed by atoms with Crippen LogP contribution in [0.1, 0.15) is 25.0 Å². The highest BCUT2D eigenvalue weighted by Gasteiger charge is 2.35. The lowest BCUT2D eigenvalue weighted by molar-refractivity contribution is 0.660. The molecule has 0 amide bonds. The Balaban J connectivity index is 1.05. The third-order valence-corrected chi connectivity index (χ3v) is 12.2. The molecule has 0 bridgehead atoms. The van der Waals surface area contributed by atoms with Crippen LogP contribution >= 0.6 is 0 Å². The van der Waals surface area contributed by atoms with Gasteiger partial charge in [0, 0.05) is 45.1 Å². The molecule has 0 saturated heterocycles. The van der Waals surface area contributed by atoms with E-state index in [1.807, 2.05) is 72.9 Å². The minimum atomic E-state index is -0.0927. The summed E-state index contributed by atoms with van der Waals surface area (Å²) in [7, 11) is 0.